The number of likely N-dealkylation sites (tertiary alicyclic amines) is 1. The van der Waals surface area contributed by atoms with Gasteiger partial charge in [0.1, 0.15) is 5.75 Å². The van der Waals surface area contributed by atoms with Gasteiger partial charge in [-0.25, -0.2) is 4.79 Å². The molecule has 0 radical (unpaired) electrons. The minimum Gasteiger partial charge on any atom is -0.480 e. The van der Waals surface area contributed by atoms with E-state index in [1.54, 1.807) is 13.0 Å². The van der Waals surface area contributed by atoms with E-state index in [-0.39, 0.29) is 31.8 Å². The Morgan fingerprint density at radius 1 is 1.32 bits per heavy atom. The highest BCUT2D eigenvalue weighted by molar-refractivity contribution is 9.10. The van der Waals surface area contributed by atoms with Crippen molar-refractivity contribution in [2.24, 2.45) is 0 Å². The van der Waals surface area contributed by atoms with Crippen LogP contribution < -0.4 is 4.74 Å². The lowest BCUT2D eigenvalue weighted by Crippen LogP contribution is -2.53. The van der Waals surface area contributed by atoms with E-state index in [0.29, 0.717) is 5.75 Å². The Balaban J connectivity index is 1.95. The molecule has 0 bridgehead atoms. The van der Waals surface area contributed by atoms with E-state index in [0.717, 1.165) is 4.47 Å². The number of amides is 1. The van der Waals surface area contributed by atoms with Crippen molar-refractivity contribution >= 4 is 27.8 Å². The molecule has 1 atom stereocenters. The lowest BCUT2D eigenvalue weighted by molar-refractivity contribution is -0.166. The number of carboxylic acids is 1. The predicted octanol–water partition coefficient (Wildman–Crippen LogP) is 1.65. The molecule has 2 rings (SSSR count). The largest absolute Gasteiger partial charge is 0.480 e. The van der Waals surface area contributed by atoms with Crippen molar-refractivity contribution in [3.05, 3.63) is 28.7 Å². The number of ether oxygens (including phenoxy) is 1. The van der Waals surface area contributed by atoms with Gasteiger partial charge in [0.2, 0.25) is 0 Å². The number of aliphatic carboxylic acids is 1. The molecule has 1 aliphatic heterocycles. The number of rotatable bonds is 4. The molecule has 6 nitrogen and oxygen atoms in total. The highest BCUT2D eigenvalue weighted by Gasteiger charge is 2.41. The molecule has 22 heavy (non-hydrogen) atoms. The van der Waals surface area contributed by atoms with E-state index < -0.39 is 17.7 Å². The van der Waals surface area contributed by atoms with Gasteiger partial charge < -0.3 is 19.8 Å². The second-order valence-corrected chi connectivity index (χ2v) is 6.21. The first kappa shape index (κ1) is 16.8. The first-order valence-electron chi connectivity index (χ1n) is 6.99. The predicted molar refractivity (Wildman–Crippen MR) is 82.6 cm³/mol. The van der Waals surface area contributed by atoms with E-state index in [1.165, 1.54) is 4.90 Å². The topological polar surface area (TPSA) is 87.1 Å². The fourth-order valence-corrected chi connectivity index (χ4v) is 2.73. The number of carbonyl (C=O) groups excluding carboxylic acids is 1. The summed E-state index contributed by atoms with van der Waals surface area (Å²) in [6.45, 7) is 2.05. The molecule has 0 aromatic heterocycles. The van der Waals surface area contributed by atoms with E-state index in [2.05, 4.69) is 15.9 Å². The number of aliphatic hydroxyl groups is 1. The van der Waals surface area contributed by atoms with E-state index in [9.17, 15) is 14.7 Å². The fourth-order valence-electron chi connectivity index (χ4n) is 2.35. The molecule has 2 N–H and O–H groups in total. The highest BCUT2D eigenvalue weighted by atomic mass is 79.9. The average Bonchev–Trinajstić information content (AvgIpc) is 2.49. The molecule has 1 saturated heterocycles. The quantitative estimate of drug-likeness (QED) is 0.840. The summed E-state index contributed by atoms with van der Waals surface area (Å²) in [5.41, 5.74) is -1.73. The number of nitrogens with zero attached hydrogens (tertiary/aromatic N) is 1. The third-order valence-electron chi connectivity index (χ3n) is 3.79. The van der Waals surface area contributed by atoms with E-state index >= 15 is 0 Å². The SMILES string of the molecule is CC(Oc1ccccc1Br)C(=O)N1CCC(O)(C(=O)O)CC1. The van der Waals surface area contributed by atoms with Crippen LogP contribution in [0.5, 0.6) is 5.75 Å². The van der Waals surface area contributed by atoms with Crippen molar-refractivity contribution in [2.45, 2.75) is 31.5 Å². The van der Waals surface area contributed by atoms with Crippen molar-refractivity contribution in [3.63, 3.8) is 0 Å². The Labute approximate surface area is 136 Å². The van der Waals surface area contributed by atoms with Gasteiger partial charge in [-0.2, -0.15) is 0 Å². The zero-order valence-electron chi connectivity index (χ0n) is 12.2. The van der Waals surface area contributed by atoms with Gasteiger partial charge in [0.15, 0.2) is 11.7 Å². The van der Waals surface area contributed by atoms with Gasteiger partial charge in [0, 0.05) is 25.9 Å². The number of hydrogen-bond donors (Lipinski definition) is 2. The summed E-state index contributed by atoms with van der Waals surface area (Å²) in [6, 6.07) is 7.24. The first-order valence-corrected chi connectivity index (χ1v) is 7.78. The highest BCUT2D eigenvalue weighted by Crippen LogP contribution is 2.26. The summed E-state index contributed by atoms with van der Waals surface area (Å²) in [5, 5.41) is 18.9. The molecule has 1 aliphatic rings. The molecule has 1 amide bonds. The number of carboxylic acid groups (broad SMARTS) is 1. The molecule has 1 fully saturated rings. The van der Waals surface area contributed by atoms with Crippen LogP contribution in [-0.2, 0) is 9.59 Å². The first-order chi connectivity index (χ1) is 10.3. The molecule has 120 valence electrons. The number of benzene rings is 1. The molecule has 7 heteroatoms. The second kappa shape index (κ2) is 6.66. The smallest absolute Gasteiger partial charge is 0.335 e. The lowest BCUT2D eigenvalue weighted by Gasteiger charge is -2.36. The molecule has 1 heterocycles. The van der Waals surface area contributed by atoms with Crippen LogP contribution in [0, 0.1) is 0 Å². The second-order valence-electron chi connectivity index (χ2n) is 5.35. The normalized spacial score (nSPS) is 18.6. The Bertz CT molecular complexity index is 569. The van der Waals surface area contributed by atoms with Crippen LogP contribution in [0.1, 0.15) is 19.8 Å². The van der Waals surface area contributed by atoms with Crippen LogP contribution >= 0.6 is 15.9 Å². The molecule has 0 spiro atoms. The molecular weight excluding hydrogens is 354 g/mol. The molecule has 1 aromatic carbocycles. The summed E-state index contributed by atoms with van der Waals surface area (Å²) < 4.78 is 6.40. The van der Waals surface area contributed by atoms with Crippen molar-refractivity contribution in [1.82, 2.24) is 4.90 Å². The molecule has 1 aromatic rings. The van der Waals surface area contributed by atoms with E-state index in [1.807, 2.05) is 18.2 Å². The van der Waals surface area contributed by atoms with Gasteiger partial charge in [-0.05, 0) is 35.0 Å². The Kier molecular flexibility index (Phi) is 5.08. The summed E-state index contributed by atoms with van der Waals surface area (Å²) in [4.78, 5) is 24.9. The fraction of sp³-hybridized carbons (Fsp3) is 0.467. The summed E-state index contributed by atoms with van der Waals surface area (Å²) >= 11 is 3.35. The monoisotopic (exact) mass is 371 g/mol. The van der Waals surface area contributed by atoms with Crippen LogP contribution in [0.25, 0.3) is 0 Å². The summed E-state index contributed by atoms with van der Waals surface area (Å²) in [6.07, 6.45) is -0.638. The summed E-state index contributed by atoms with van der Waals surface area (Å²) in [7, 11) is 0. The lowest BCUT2D eigenvalue weighted by atomic mass is 9.91. The van der Waals surface area contributed by atoms with Gasteiger partial charge in [-0.3, -0.25) is 4.79 Å². The Hall–Kier alpha value is -1.60. The van der Waals surface area contributed by atoms with Crippen LogP contribution in [-0.4, -0.2) is 51.8 Å². The average molecular weight is 372 g/mol. The number of carbonyl (C=O) groups is 2. The number of para-hydroxylation sites is 1. The zero-order chi connectivity index (χ0) is 16.3. The van der Waals surface area contributed by atoms with Gasteiger partial charge in [-0.1, -0.05) is 12.1 Å². The maximum Gasteiger partial charge on any atom is 0.335 e. The molecular formula is C15H18BrNO5. The van der Waals surface area contributed by atoms with Crippen LogP contribution in [0.2, 0.25) is 0 Å². The molecule has 0 aliphatic carbocycles. The Morgan fingerprint density at radius 2 is 1.91 bits per heavy atom. The van der Waals surface area contributed by atoms with Crippen LogP contribution in [0.15, 0.2) is 28.7 Å². The van der Waals surface area contributed by atoms with Crippen molar-refractivity contribution in [3.8, 4) is 5.75 Å². The zero-order valence-corrected chi connectivity index (χ0v) is 13.7. The van der Waals surface area contributed by atoms with Crippen molar-refractivity contribution in [2.75, 3.05) is 13.1 Å². The maximum absolute atomic E-state index is 12.4. The maximum atomic E-state index is 12.4. The summed E-state index contributed by atoms with van der Waals surface area (Å²) in [5.74, 6) is -0.886. The van der Waals surface area contributed by atoms with Gasteiger partial charge in [0.25, 0.3) is 5.91 Å². The number of halogens is 1. The van der Waals surface area contributed by atoms with Crippen LogP contribution in [0.3, 0.4) is 0 Å². The van der Waals surface area contributed by atoms with Gasteiger partial charge in [-0.15, -0.1) is 0 Å². The molecule has 0 saturated carbocycles. The van der Waals surface area contributed by atoms with Crippen molar-refractivity contribution < 1.29 is 24.5 Å². The third kappa shape index (κ3) is 3.59. The third-order valence-corrected chi connectivity index (χ3v) is 4.44. The minimum atomic E-state index is -1.73. The van der Waals surface area contributed by atoms with E-state index in [4.69, 9.17) is 9.84 Å². The standard InChI is InChI=1S/C15H18BrNO5/c1-10(22-12-5-3-2-4-11(12)16)13(18)17-8-6-15(21,7-9-17)14(19)20/h2-5,10,21H,6-9H2,1H3,(H,19,20). The van der Waals surface area contributed by atoms with Crippen molar-refractivity contribution in [1.29, 1.82) is 0 Å². The minimum absolute atomic E-state index is 0.0236. The molecule has 1 unspecified atom stereocenters. The Morgan fingerprint density at radius 3 is 2.45 bits per heavy atom. The van der Waals surface area contributed by atoms with Gasteiger partial charge >= 0.3 is 5.97 Å². The van der Waals surface area contributed by atoms with Gasteiger partial charge in [0.05, 0.1) is 4.47 Å². The van der Waals surface area contributed by atoms with Crippen LogP contribution in [0.4, 0.5) is 0 Å². The number of piperidine rings is 1. The number of hydrogen-bond acceptors (Lipinski definition) is 4.